The van der Waals surface area contributed by atoms with E-state index in [2.05, 4.69) is 17.6 Å². The molecule has 7 nitrogen and oxygen atoms in total. The van der Waals surface area contributed by atoms with Crippen LogP contribution in [0.3, 0.4) is 0 Å². The number of benzene rings is 2. The first-order valence-electron chi connectivity index (χ1n) is 12.3. The van der Waals surface area contributed by atoms with Crippen molar-refractivity contribution in [3.63, 3.8) is 0 Å². The summed E-state index contributed by atoms with van der Waals surface area (Å²) in [7, 11) is 0. The number of anilines is 2. The number of carbonyl (C=O) groups is 3. The third-order valence-corrected chi connectivity index (χ3v) is 6.67. The van der Waals surface area contributed by atoms with E-state index in [-0.39, 0.29) is 24.3 Å². The van der Waals surface area contributed by atoms with Crippen molar-refractivity contribution in [2.45, 2.75) is 39.0 Å². The number of rotatable bonds is 6. The molecule has 2 fully saturated rings. The summed E-state index contributed by atoms with van der Waals surface area (Å²) in [6, 6.07) is 14.4. The molecule has 180 valence electrons. The molecular formula is C27H34N4O3. The normalized spacial score (nSPS) is 16.7. The molecule has 0 atom stereocenters. The predicted molar refractivity (Wildman–Crippen MR) is 134 cm³/mol. The van der Waals surface area contributed by atoms with Crippen molar-refractivity contribution >= 4 is 29.1 Å². The molecule has 0 spiro atoms. The molecule has 0 saturated carbocycles. The molecule has 0 aliphatic carbocycles. The predicted octanol–water partition coefficient (Wildman–Crippen LogP) is 4.24. The summed E-state index contributed by atoms with van der Waals surface area (Å²) in [5, 5.41) is 5.96. The average Bonchev–Trinajstić information content (AvgIpc) is 2.88. The maximum absolute atomic E-state index is 12.8. The fourth-order valence-corrected chi connectivity index (χ4v) is 4.55. The molecule has 0 aromatic heterocycles. The summed E-state index contributed by atoms with van der Waals surface area (Å²) in [5.74, 6) is 0.497. The second-order valence-corrected chi connectivity index (χ2v) is 9.39. The lowest BCUT2D eigenvalue weighted by Crippen LogP contribution is -2.37. The van der Waals surface area contributed by atoms with Gasteiger partial charge in [0, 0.05) is 48.7 Å². The fraction of sp³-hybridized carbons (Fsp3) is 0.444. The minimum atomic E-state index is -0.218. The van der Waals surface area contributed by atoms with Crippen LogP contribution in [0.5, 0.6) is 0 Å². The van der Waals surface area contributed by atoms with Gasteiger partial charge in [0.1, 0.15) is 0 Å². The third-order valence-electron chi connectivity index (χ3n) is 6.67. The molecule has 2 aliphatic heterocycles. The molecule has 2 aromatic carbocycles. The molecule has 2 saturated heterocycles. The van der Waals surface area contributed by atoms with E-state index in [0.717, 1.165) is 57.5 Å². The first kappa shape index (κ1) is 23.8. The summed E-state index contributed by atoms with van der Waals surface area (Å²) in [6.07, 6.45) is 5.32. The topological polar surface area (TPSA) is 81.8 Å². The van der Waals surface area contributed by atoms with E-state index in [1.165, 1.54) is 6.42 Å². The van der Waals surface area contributed by atoms with Gasteiger partial charge in [-0.15, -0.1) is 0 Å². The Morgan fingerprint density at radius 1 is 0.794 bits per heavy atom. The molecular weight excluding hydrogens is 428 g/mol. The molecule has 2 heterocycles. The Balaban J connectivity index is 1.31. The Morgan fingerprint density at radius 3 is 2.00 bits per heavy atom. The quantitative estimate of drug-likeness (QED) is 0.673. The zero-order valence-electron chi connectivity index (χ0n) is 19.9. The lowest BCUT2D eigenvalue weighted by Gasteiger charge is -2.30. The number of piperidine rings is 2. The van der Waals surface area contributed by atoms with Crippen molar-refractivity contribution < 1.29 is 14.4 Å². The van der Waals surface area contributed by atoms with Crippen LogP contribution in [0.2, 0.25) is 0 Å². The fourth-order valence-electron chi connectivity index (χ4n) is 4.55. The van der Waals surface area contributed by atoms with Gasteiger partial charge >= 0.3 is 0 Å². The van der Waals surface area contributed by atoms with E-state index in [4.69, 9.17) is 0 Å². The molecule has 2 N–H and O–H groups in total. The van der Waals surface area contributed by atoms with Crippen LogP contribution in [0, 0.1) is 5.92 Å². The number of nitrogens with one attached hydrogen (secondary N) is 2. The number of hydrogen-bond acceptors (Lipinski definition) is 4. The second-order valence-electron chi connectivity index (χ2n) is 9.39. The molecule has 0 radical (unpaired) electrons. The average molecular weight is 463 g/mol. The minimum absolute atomic E-state index is 0.0126. The molecule has 0 bridgehead atoms. The van der Waals surface area contributed by atoms with E-state index in [9.17, 15) is 14.4 Å². The monoisotopic (exact) mass is 462 g/mol. The number of hydrogen-bond donors (Lipinski definition) is 2. The van der Waals surface area contributed by atoms with Crippen molar-refractivity contribution in [2.75, 3.05) is 43.4 Å². The Bertz CT molecular complexity index is 1020. The van der Waals surface area contributed by atoms with E-state index >= 15 is 0 Å². The van der Waals surface area contributed by atoms with Gasteiger partial charge in [0.05, 0.1) is 6.54 Å². The molecule has 3 amide bonds. The lowest BCUT2D eigenvalue weighted by molar-refractivity contribution is -0.114. The summed E-state index contributed by atoms with van der Waals surface area (Å²) >= 11 is 0. The zero-order valence-corrected chi connectivity index (χ0v) is 19.9. The highest BCUT2D eigenvalue weighted by Crippen LogP contribution is 2.20. The van der Waals surface area contributed by atoms with Crippen LogP contribution < -0.4 is 10.6 Å². The summed E-state index contributed by atoms with van der Waals surface area (Å²) in [6.45, 7) is 5.44. The van der Waals surface area contributed by atoms with Crippen LogP contribution in [0.25, 0.3) is 0 Å². The van der Waals surface area contributed by atoms with Crippen LogP contribution in [0.4, 0.5) is 11.4 Å². The van der Waals surface area contributed by atoms with Crippen LogP contribution in [-0.4, -0.2) is 60.2 Å². The maximum atomic E-state index is 12.8. The lowest BCUT2D eigenvalue weighted by atomic mass is 9.98. The third kappa shape index (κ3) is 6.16. The summed E-state index contributed by atoms with van der Waals surface area (Å²) in [5.41, 5.74) is 2.54. The Kier molecular flexibility index (Phi) is 7.83. The van der Waals surface area contributed by atoms with Crippen LogP contribution in [0.1, 0.15) is 59.7 Å². The van der Waals surface area contributed by atoms with Gasteiger partial charge in [-0.1, -0.05) is 19.1 Å². The first-order valence-corrected chi connectivity index (χ1v) is 12.3. The highest BCUT2D eigenvalue weighted by Gasteiger charge is 2.22. The molecule has 34 heavy (non-hydrogen) atoms. The van der Waals surface area contributed by atoms with Crippen molar-refractivity contribution in [2.24, 2.45) is 5.92 Å². The molecule has 0 unspecified atom stereocenters. The van der Waals surface area contributed by atoms with Gasteiger partial charge in [0.15, 0.2) is 0 Å². The van der Waals surface area contributed by atoms with Gasteiger partial charge in [-0.05, 0) is 74.4 Å². The smallest absolute Gasteiger partial charge is 0.253 e. The Labute approximate surface area is 201 Å². The van der Waals surface area contributed by atoms with Crippen molar-refractivity contribution in [1.82, 2.24) is 9.80 Å². The van der Waals surface area contributed by atoms with Crippen molar-refractivity contribution in [1.29, 1.82) is 0 Å². The number of nitrogens with zero attached hydrogens (tertiary/aromatic N) is 2. The zero-order chi connectivity index (χ0) is 23.9. The molecule has 7 heteroatoms. The highest BCUT2D eigenvalue weighted by molar-refractivity contribution is 5.98. The minimum Gasteiger partial charge on any atom is -0.376 e. The summed E-state index contributed by atoms with van der Waals surface area (Å²) in [4.78, 5) is 41.9. The number of likely N-dealkylation sites (tertiary alicyclic amines) is 2. The number of carbonyl (C=O) groups excluding carboxylic acids is 3. The summed E-state index contributed by atoms with van der Waals surface area (Å²) < 4.78 is 0. The molecule has 2 aromatic rings. The van der Waals surface area contributed by atoms with Crippen molar-refractivity contribution in [3.05, 3.63) is 59.7 Å². The van der Waals surface area contributed by atoms with Gasteiger partial charge in [0.2, 0.25) is 5.91 Å². The highest BCUT2D eigenvalue weighted by atomic mass is 16.2. The largest absolute Gasteiger partial charge is 0.376 e. The molecule has 2 aliphatic rings. The van der Waals surface area contributed by atoms with Gasteiger partial charge in [-0.3, -0.25) is 14.4 Å². The first-order chi connectivity index (χ1) is 16.5. The Morgan fingerprint density at radius 2 is 1.35 bits per heavy atom. The SMILES string of the molecule is CC1CCN(C(=O)c2cccc(NCC(=O)Nc3cccc(C(=O)N4CCCCC4)c3)c2)CC1. The maximum Gasteiger partial charge on any atom is 0.253 e. The number of amides is 3. The van der Waals surface area contributed by atoms with Crippen LogP contribution in [0.15, 0.2) is 48.5 Å². The van der Waals surface area contributed by atoms with Gasteiger partial charge in [-0.2, -0.15) is 0 Å². The standard InChI is InChI=1S/C27H34N4O3/c1-20-11-15-31(16-12-20)27(34)21-7-5-9-23(17-21)28-19-25(32)29-24-10-6-8-22(18-24)26(33)30-13-3-2-4-14-30/h5-10,17-18,20,28H,2-4,11-16,19H2,1H3,(H,29,32). The van der Waals surface area contributed by atoms with Gasteiger partial charge in [0.25, 0.3) is 11.8 Å². The van der Waals surface area contributed by atoms with E-state index in [1.54, 1.807) is 30.3 Å². The van der Waals surface area contributed by atoms with Gasteiger partial charge < -0.3 is 20.4 Å². The van der Waals surface area contributed by atoms with E-state index in [1.807, 2.05) is 28.0 Å². The van der Waals surface area contributed by atoms with E-state index in [0.29, 0.717) is 22.7 Å². The van der Waals surface area contributed by atoms with Crippen LogP contribution >= 0.6 is 0 Å². The van der Waals surface area contributed by atoms with Gasteiger partial charge in [-0.25, -0.2) is 0 Å². The Hall–Kier alpha value is -3.35. The molecule has 4 rings (SSSR count). The second kappa shape index (κ2) is 11.2. The van der Waals surface area contributed by atoms with Crippen molar-refractivity contribution in [3.8, 4) is 0 Å². The van der Waals surface area contributed by atoms with Crippen LogP contribution in [-0.2, 0) is 4.79 Å². The van der Waals surface area contributed by atoms with E-state index < -0.39 is 0 Å².